The van der Waals surface area contributed by atoms with Gasteiger partial charge in [0.1, 0.15) is 0 Å². The van der Waals surface area contributed by atoms with Crippen molar-refractivity contribution < 1.29 is 8.42 Å². The third kappa shape index (κ3) is 3.02. The fraction of sp³-hybridized carbons (Fsp3) is 0.429. The van der Waals surface area contributed by atoms with Crippen LogP contribution in [0.1, 0.15) is 5.69 Å². The molecule has 0 radical (unpaired) electrons. The van der Waals surface area contributed by atoms with Crippen molar-refractivity contribution in [2.24, 2.45) is 0 Å². The molecule has 13 heavy (non-hydrogen) atoms. The summed E-state index contributed by atoms with van der Waals surface area (Å²) < 4.78 is 23.3. The summed E-state index contributed by atoms with van der Waals surface area (Å²) in [5.41, 5.74) is 0.776. The van der Waals surface area contributed by atoms with E-state index >= 15 is 0 Å². The number of nitrogens with zero attached hydrogens (tertiary/aromatic N) is 1. The van der Waals surface area contributed by atoms with E-state index in [-0.39, 0.29) is 0 Å². The van der Waals surface area contributed by atoms with Gasteiger partial charge in [0.2, 0.25) is 10.0 Å². The maximum absolute atomic E-state index is 11.0. The molecule has 0 bridgehead atoms. The van der Waals surface area contributed by atoms with E-state index < -0.39 is 10.0 Å². The van der Waals surface area contributed by atoms with Crippen LogP contribution in [-0.4, -0.2) is 31.0 Å². The Morgan fingerprint density at radius 2 is 2.23 bits per heavy atom. The second kappa shape index (κ2) is 3.69. The van der Waals surface area contributed by atoms with Gasteiger partial charge in [0, 0.05) is 18.9 Å². The van der Waals surface area contributed by atoms with E-state index in [9.17, 15) is 8.42 Å². The number of hydrogen-bond acceptors (Lipinski definition) is 2. The normalized spacial score (nSPS) is 12.3. The van der Waals surface area contributed by atoms with Gasteiger partial charge in [-0.1, -0.05) is 11.6 Å². The molecule has 1 aromatic rings. The molecule has 1 heterocycles. The first-order chi connectivity index (χ1) is 5.89. The van der Waals surface area contributed by atoms with E-state index in [1.807, 2.05) is 0 Å². The van der Waals surface area contributed by atoms with Gasteiger partial charge in [-0.05, 0) is 6.07 Å². The highest BCUT2D eigenvalue weighted by Crippen LogP contribution is 2.11. The minimum absolute atomic E-state index is 0.311. The lowest BCUT2D eigenvalue weighted by molar-refractivity contribution is 0.468. The number of nitrogens with one attached hydrogen (secondary N) is 1. The molecule has 0 fully saturated rings. The monoisotopic (exact) mass is 222 g/mol. The Balaban J connectivity index is 2.71. The number of sulfonamides is 1. The van der Waals surface area contributed by atoms with Gasteiger partial charge in [0.05, 0.1) is 17.8 Å². The van der Waals surface area contributed by atoms with Crippen LogP contribution >= 0.6 is 11.6 Å². The number of hydrogen-bond donors (Lipinski definition) is 1. The molecule has 1 aromatic heterocycles. The Morgan fingerprint density at radius 1 is 1.62 bits per heavy atom. The standard InChI is InChI=1S/C7H11ClN2O2S/c1-10(13(2,11)12)5-7-3-6(8)4-9-7/h3-4,9H,5H2,1-2H3. The summed E-state index contributed by atoms with van der Waals surface area (Å²) in [6.45, 7) is 0.311. The van der Waals surface area contributed by atoms with Gasteiger partial charge in [-0.2, -0.15) is 4.31 Å². The molecule has 1 rings (SSSR count). The van der Waals surface area contributed by atoms with Crippen LogP contribution in [-0.2, 0) is 16.6 Å². The van der Waals surface area contributed by atoms with Crippen molar-refractivity contribution in [3.8, 4) is 0 Å². The van der Waals surface area contributed by atoms with Crippen LogP contribution in [0.4, 0.5) is 0 Å². The Bertz CT molecular complexity index is 385. The molecule has 6 heteroatoms. The van der Waals surface area contributed by atoms with Crippen molar-refractivity contribution in [2.45, 2.75) is 6.54 Å². The van der Waals surface area contributed by atoms with Crippen LogP contribution in [0.25, 0.3) is 0 Å². The summed E-state index contributed by atoms with van der Waals surface area (Å²) in [5.74, 6) is 0. The Kier molecular flexibility index (Phi) is 3.00. The Morgan fingerprint density at radius 3 is 2.62 bits per heavy atom. The maximum atomic E-state index is 11.0. The minimum Gasteiger partial charge on any atom is -0.363 e. The van der Waals surface area contributed by atoms with Gasteiger partial charge in [-0.15, -0.1) is 0 Å². The zero-order chi connectivity index (χ0) is 10.1. The molecule has 0 saturated heterocycles. The minimum atomic E-state index is -3.12. The van der Waals surface area contributed by atoms with E-state index in [2.05, 4.69) is 4.98 Å². The molecule has 0 unspecified atom stereocenters. The number of aromatic amines is 1. The molecule has 4 nitrogen and oxygen atoms in total. The molecule has 0 aromatic carbocycles. The second-order valence-electron chi connectivity index (χ2n) is 2.86. The Hall–Kier alpha value is -0.520. The summed E-state index contributed by atoms with van der Waals surface area (Å²) >= 11 is 5.66. The molecule has 0 aliphatic heterocycles. The summed E-state index contributed by atoms with van der Waals surface area (Å²) in [4.78, 5) is 2.87. The second-order valence-corrected chi connectivity index (χ2v) is 5.39. The fourth-order valence-electron chi connectivity index (χ4n) is 0.860. The number of aromatic nitrogens is 1. The molecule has 0 aliphatic carbocycles. The SMILES string of the molecule is CN(Cc1cc(Cl)c[nH]1)S(C)(=O)=O. The summed E-state index contributed by atoms with van der Waals surface area (Å²) in [6.07, 6.45) is 2.78. The van der Waals surface area contributed by atoms with Crippen LogP contribution in [0.5, 0.6) is 0 Å². The van der Waals surface area contributed by atoms with E-state index in [1.165, 1.54) is 11.4 Å². The first kappa shape index (κ1) is 10.6. The molecule has 0 saturated carbocycles. The Labute approximate surface area is 82.6 Å². The van der Waals surface area contributed by atoms with Gasteiger partial charge in [0.25, 0.3) is 0 Å². The van der Waals surface area contributed by atoms with E-state index in [4.69, 9.17) is 11.6 Å². The van der Waals surface area contributed by atoms with E-state index in [0.29, 0.717) is 11.6 Å². The maximum Gasteiger partial charge on any atom is 0.211 e. The first-order valence-electron chi connectivity index (χ1n) is 3.63. The van der Waals surface area contributed by atoms with Crippen LogP contribution < -0.4 is 0 Å². The van der Waals surface area contributed by atoms with E-state index in [1.54, 1.807) is 12.3 Å². The van der Waals surface area contributed by atoms with Gasteiger partial charge in [0.15, 0.2) is 0 Å². The molecule has 0 aliphatic rings. The molecule has 1 N–H and O–H groups in total. The van der Waals surface area contributed by atoms with Gasteiger partial charge >= 0.3 is 0 Å². The average molecular weight is 223 g/mol. The largest absolute Gasteiger partial charge is 0.363 e. The molecular weight excluding hydrogens is 212 g/mol. The van der Waals surface area contributed by atoms with Crippen LogP contribution in [0, 0.1) is 0 Å². The molecule has 0 spiro atoms. The molecule has 0 amide bonds. The van der Waals surface area contributed by atoms with E-state index in [0.717, 1.165) is 11.9 Å². The van der Waals surface area contributed by atoms with Crippen molar-refractivity contribution in [1.29, 1.82) is 0 Å². The van der Waals surface area contributed by atoms with Crippen molar-refractivity contribution in [3.63, 3.8) is 0 Å². The van der Waals surface area contributed by atoms with Gasteiger partial charge in [-0.25, -0.2) is 8.42 Å². The van der Waals surface area contributed by atoms with Crippen LogP contribution in [0.3, 0.4) is 0 Å². The molecular formula is C7H11ClN2O2S. The van der Waals surface area contributed by atoms with Gasteiger partial charge < -0.3 is 4.98 Å². The number of halogens is 1. The number of rotatable bonds is 3. The van der Waals surface area contributed by atoms with Crippen molar-refractivity contribution >= 4 is 21.6 Å². The highest BCUT2D eigenvalue weighted by molar-refractivity contribution is 7.88. The zero-order valence-electron chi connectivity index (χ0n) is 7.41. The quantitative estimate of drug-likeness (QED) is 0.832. The van der Waals surface area contributed by atoms with Crippen molar-refractivity contribution in [1.82, 2.24) is 9.29 Å². The third-order valence-corrected chi connectivity index (χ3v) is 3.15. The lowest BCUT2D eigenvalue weighted by Gasteiger charge is -2.12. The highest BCUT2D eigenvalue weighted by atomic mass is 35.5. The van der Waals surface area contributed by atoms with Gasteiger partial charge in [-0.3, -0.25) is 0 Å². The molecule has 74 valence electrons. The summed E-state index contributed by atoms with van der Waals surface area (Å²) in [7, 11) is -1.60. The lowest BCUT2D eigenvalue weighted by Crippen LogP contribution is -2.24. The van der Waals surface area contributed by atoms with Crippen molar-refractivity contribution in [2.75, 3.05) is 13.3 Å². The van der Waals surface area contributed by atoms with Crippen LogP contribution in [0.15, 0.2) is 12.3 Å². The highest BCUT2D eigenvalue weighted by Gasteiger charge is 2.11. The summed E-state index contributed by atoms with van der Waals surface area (Å²) in [5, 5.41) is 0.580. The topological polar surface area (TPSA) is 53.2 Å². The van der Waals surface area contributed by atoms with Crippen LogP contribution in [0.2, 0.25) is 5.02 Å². The summed E-state index contributed by atoms with van der Waals surface area (Å²) in [6, 6.07) is 1.70. The molecule has 0 atom stereocenters. The fourth-order valence-corrected chi connectivity index (χ4v) is 1.42. The third-order valence-electron chi connectivity index (χ3n) is 1.67. The lowest BCUT2D eigenvalue weighted by atomic mass is 10.4. The smallest absolute Gasteiger partial charge is 0.211 e. The zero-order valence-corrected chi connectivity index (χ0v) is 8.98. The van der Waals surface area contributed by atoms with Crippen molar-refractivity contribution in [3.05, 3.63) is 23.0 Å². The average Bonchev–Trinajstić information content (AvgIpc) is 2.33. The predicted molar refractivity (Wildman–Crippen MR) is 52.1 cm³/mol. The predicted octanol–water partition coefficient (Wildman–Crippen LogP) is 1.06. The first-order valence-corrected chi connectivity index (χ1v) is 5.86. The number of H-pyrrole nitrogens is 1.